The average molecular weight is 750 g/mol. The van der Waals surface area contributed by atoms with E-state index in [1.165, 1.54) is 35.7 Å². The van der Waals surface area contributed by atoms with Gasteiger partial charge in [-0.2, -0.15) is 0 Å². The Morgan fingerprint density at radius 2 is 1.46 bits per heavy atom. The Kier molecular flexibility index (Phi) is 13.5. The molecule has 0 radical (unpaired) electrons. The number of carbonyl (C=O) groups is 2. The van der Waals surface area contributed by atoms with Crippen LogP contribution >= 0.6 is 23.7 Å². The molecule has 1 N–H and O–H groups in total. The number of esters is 1. The van der Waals surface area contributed by atoms with E-state index < -0.39 is 29.1 Å². The molecule has 0 unspecified atom stereocenters. The van der Waals surface area contributed by atoms with Crippen LogP contribution in [-0.4, -0.2) is 34.5 Å². The fraction of sp³-hybridized carbons (Fsp3) is 0.341. The summed E-state index contributed by atoms with van der Waals surface area (Å²) in [6.07, 6.45) is 0.924. The van der Waals surface area contributed by atoms with Crippen molar-refractivity contribution in [1.29, 1.82) is 0 Å². The molecule has 7 nitrogen and oxygen atoms in total. The van der Waals surface area contributed by atoms with Gasteiger partial charge in [-0.25, -0.2) is 13.6 Å². The summed E-state index contributed by atoms with van der Waals surface area (Å²) in [7, 11) is 1.95. The molecule has 0 bridgehead atoms. The summed E-state index contributed by atoms with van der Waals surface area (Å²) in [4.78, 5) is 44.1. The van der Waals surface area contributed by atoms with Crippen LogP contribution in [0.15, 0.2) is 83.8 Å². The number of halogens is 3. The quantitative estimate of drug-likeness (QED) is 0.121. The number of nitrogens with one attached hydrogen (secondary N) is 1. The summed E-state index contributed by atoms with van der Waals surface area (Å²) < 4.78 is 37.7. The van der Waals surface area contributed by atoms with Gasteiger partial charge in [-0.3, -0.25) is 14.5 Å². The van der Waals surface area contributed by atoms with Gasteiger partial charge in [0.1, 0.15) is 28.1 Å². The van der Waals surface area contributed by atoms with E-state index in [4.69, 9.17) is 4.74 Å². The van der Waals surface area contributed by atoms with Crippen LogP contribution in [0.3, 0.4) is 0 Å². The van der Waals surface area contributed by atoms with Crippen LogP contribution in [0.2, 0.25) is 0 Å². The standard InChI is InChI=1S/C41H45F2N3O4S.ClH/c1-24(2)37(25(3)4)50-41(49)32-23-46(22-30-33(42)14-11-15-34(30)43)40-35(36(32)47)31(21-45(7)20-27-12-9-8-10-13-27)38(51-40)28-16-18-29(19-17-28)44-39(48)26(5)6;/h8-19,23-26,37H,20-22H2,1-7H3,(H,44,48);1H. The molecule has 11 heteroatoms. The lowest BCUT2D eigenvalue weighted by atomic mass is 9.96. The Morgan fingerprint density at radius 3 is 2.04 bits per heavy atom. The first-order valence-electron chi connectivity index (χ1n) is 17.2. The molecule has 0 saturated carbocycles. The maximum atomic E-state index is 15.1. The van der Waals surface area contributed by atoms with Gasteiger partial charge in [-0.1, -0.05) is 90.1 Å². The molecule has 0 aliphatic heterocycles. The lowest BCUT2D eigenvalue weighted by molar-refractivity contribution is -0.118. The first kappa shape index (κ1) is 40.4. The van der Waals surface area contributed by atoms with E-state index in [2.05, 4.69) is 10.2 Å². The fourth-order valence-corrected chi connectivity index (χ4v) is 7.53. The SMILES string of the molecule is CC(C)C(=O)Nc1ccc(-c2sc3c(c2CN(C)Cc2ccccc2)c(=O)c(C(=O)OC(C(C)C)C(C)C)cn3Cc2c(F)cccc2F)cc1.Cl. The number of amides is 1. The molecule has 0 aliphatic carbocycles. The number of aromatic nitrogens is 1. The minimum absolute atomic E-state index is 0. The molecule has 5 aromatic rings. The molecule has 1 amide bonds. The number of hydrogen-bond donors (Lipinski definition) is 1. The lowest BCUT2D eigenvalue weighted by Gasteiger charge is -2.25. The number of rotatable bonds is 13. The molecule has 52 heavy (non-hydrogen) atoms. The highest BCUT2D eigenvalue weighted by Crippen LogP contribution is 2.39. The molecule has 276 valence electrons. The van der Waals surface area contributed by atoms with Crippen molar-refractivity contribution < 1.29 is 23.1 Å². The zero-order chi connectivity index (χ0) is 37.0. The number of ether oxygens (including phenoxy) is 1. The van der Waals surface area contributed by atoms with Crippen LogP contribution in [0.25, 0.3) is 20.7 Å². The van der Waals surface area contributed by atoms with E-state index in [0.717, 1.165) is 16.0 Å². The van der Waals surface area contributed by atoms with Crippen molar-refractivity contribution in [1.82, 2.24) is 9.47 Å². The Bertz CT molecular complexity index is 2050. The summed E-state index contributed by atoms with van der Waals surface area (Å²) in [5.41, 5.74) is 2.29. The van der Waals surface area contributed by atoms with Crippen molar-refractivity contribution in [2.45, 2.75) is 67.3 Å². The van der Waals surface area contributed by atoms with Crippen molar-refractivity contribution >= 4 is 51.5 Å². The lowest BCUT2D eigenvalue weighted by Crippen LogP contribution is -2.31. The van der Waals surface area contributed by atoms with Gasteiger partial charge >= 0.3 is 5.97 Å². The number of fused-ring (bicyclic) bond motifs is 1. The van der Waals surface area contributed by atoms with E-state index in [-0.39, 0.29) is 53.7 Å². The van der Waals surface area contributed by atoms with Crippen molar-refractivity contribution in [3.63, 3.8) is 0 Å². The molecule has 0 atom stereocenters. The minimum atomic E-state index is -0.779. The van der Waals surface area contributed by atoms with Gasteiger partial charge in [0.2, 0.25) is 11.3 Å². The van der Waals surface area contributed by atoms with Gasteiger partial charge in [0, 0.05) is 41.3 Å². The van der Waals surface area contributed by atoms with E-state index >= 15 is 8.78 Å². The van der Waals surface area contributed by atoms with Crippen LogP contribution in [0, 0.1) is 29.4 Å². The van der Waals surface area contributed by atoms with Crippen LogP contribution < -0.4 is 10.7 Å². The minimum Gasteiger partial charge on any atom is -0.458 e. The number of carbonyl (C=O) groups excluding carboxylic acids is 2. The second kappa shape index (κ2) is 17.4. The van der Waals surface area contributed by atoms with Gasteiger partial charge in [-0.15, -0.1) is 23.7 Å². The van der Waals surface area contributed by atoms with Crippen molar-refractivity contribution in [2.75, 3.05) is 12.4 Å². The molecular weight excluding hydrogens is 704 g/mol. The smallest absolute Gasteiger partial charge is 0.343 e. The second-order valence-electron chi connectivity index (χ2n) is 14.0. The number of anilines is 1. The van der Waals surface area contributed by atoms with Crippen LogP contribution in [0.1, 0.15) is 68.6 Å². The van der Waals surface area contributed by atoms with Gasteiger partial charge in [0.15, 0.2) is 0 Å². The number of nitrogens with zero attached hydrogens (tertiary/aromatic N) is 2. The van der Waals surface area contributed by atoms with Crippen molar-refractivity contribution in [3.05, 3.63) is 123 Å². The summed E-state index contributed by atoms with van der Waals surface area (Å²) in [6.45, 7) is 12.1. The summed E-state index contributed by atoms with van der Waals surface area (Å²) in [6, 6.07) is 21.0. The fourth-order valence-electron chi connectivity index (χ4n) is 6.24. The topological polar surface area (TPSA) is 80.6 Å². The average Bonchev–Trinajstić information content (AvgIpc) is 3.46. The molecule has 0 fully saturated rings. The summed E-state index contributed by atoms with van der Waals surface area (Å²) >= 11 is 1.32. The van der Waals surface area contributed by atoms with Gasteiger partial charge < -0.3 is 14.6 Å². The molecule has 0 saturated heterocycles. The molecule has 3 aromatic carbocycles. The zero-order valence-corrected chi connectivity index (χ0v) is 32.2. The summed E-state index contributed by atoms with van der Waals surface area (Å²) in [5, 5.41) is 3.20. The molecule has 0 spiro atoms. The van der Waals surface area contributed by atoms with Crippen LogP contribution in [-0.2, 0) is 29.2 Å². The molecule has 5 rings (SSSR count). The maximum Gasteiger partial charge on any atom is 0.343 e. The number of pyridine rings is 1. The summed E-state index contributed by atoms with van der Waals surface area (Å²) in [5.74, 6) is -2.55. The highest BCUT2D eigenvalue weighted by molar-refractivity contribution is 7.22. The first-order valence-corrected chi connectivity index (χ1v) is 18.0. The number of hydrogen-bond acceptors (Lipinski definition) is 6. The second-order valence-corrected chi connectivity index (χ2v) is 15.0. The van der Waals surface area contributed by atoms with Crippen LogP contribution in [0.4, 0.5) is 14.5 Å². The molecule has 2 aromatic heterocycles. The third-order valence-electron chi connectivity index (χ3n) is 8.84. The molecule has 0 aliphatic rings. The normalized spacial score (nSPS) is 11.6. The third-order valence-corrected chi connectivity index (χ3v) is 10.2. The monoisotopic (exact) mass is 749 g/mol. The Hall–Kier alpha value is -4.38. The first-order chi connectivity index (χ1) is 24.2. The van der Waals surface area contributed by atoms with Crippen molar-refractivity contribution in [3.8, 4) is 10.4 Å². The van der Waals surface area contributed by atoms with Crippen LogP contribution in [0.5, 0.6) is 0 Å². The van der Waals surface area contributed by atoms with E-state index in [9.17, 15) is 14.4 Å². The Labute approximate surface area is 314 Å². The van der Waals surface area contributed by atoms with Gasteiger partial charge in [-0.05, 0) is 59.8 Å². The van der Waals surface area contributed by atoms with Gasteiger partial charge in [0.05, 0.1) is 11.9 Å². The Morgan fingerprint density at radius 1 is 0.846 bits per heavy atom. The molecular formula is C41H46ClF2N3O4S. The predicted molar refractivity (Wildman–Crippen MR) is 208 cm³/mol. The largest absolute Gasteiger partial charge is 0.458 e. The zero-order valence-electron chi connectivity index (χ0n) is 30.5. The van der Waals surface area contributed by atoms with E-state index in [0.29, 0.717) is 34.6 Å². The van der Waals surface area contributed by atoms with Crippen molar-refractivity contribution in [2.24, 2.45) is 17.8 Å². The predicted octanol–water partition coefficient (Wildman–Crippen LogP) is 9.54. The highest BCUT2D eigenvalue weighted by Gasteiger charge is 2.29. The highest BCUT2D eigenvalue weighted by atomic mass is 35.5. The number of thiophene rings is 1. The van der Waals surface area contributed by atoms with E-state index in [1.54, 1.807) is 16.7 Å². The third kappa shape index (κ3) is 9.15. The number of benzene rings is 3. The maximum absolute atomic E-state index is 15.1. The molecule has 2 heterocycles. The van der Waals surface area contributed by atoms with Gasteiger partial charge in [0.25, 0.3) is 0 Å². The van der Waals surface area contributed by atoms with E-state index in [1.807, 2.05) is 91.1 Å². The Balaban J connectivity index is 0.00000605.